The molecule has 0 aromatic rings. The molecule has 0 heterocycles. The van der Waals surface area contributed by atoms with Crippen molar-refractivity contribution in [2.45, 2.75) is 49.9 Å². The molecule has 0 bridgehead atoms. The van der Waals surface area contributed by atoms with Gasteiger partial charge in [0.2, 0.25) is 5.91 Å². The Bertz CT molecular complexity index is 192. The Morgan fingerprint density at radius 3 is 2.23 bits per heavy atom. The Labute approximate surface area is 88.8 Å². The van der Waals surface area contributed by atoms with Gasteiger partial charge in [0.05, 0.1) is 4.32 Å². The molecule has 0 saturated heterocycles. The van der Waals surface area contributed by atoms with Gasteiger partial charge in [-0.3, -0.25) is 4.79 Å². The molecule has 0 atom stereocenters. The number of rotatable bonds is 2. The molecule has 0 aliphatic heterocycles. The van der Waals surface area contributed by atoms with Crippen molar-refractivity contribution in [3.8, 4) is 0 Å². The lowest BCUT2D eigenvalue weighted by Crippen LogP contribution is -2.43. The SMILES string of the molecule is CN(C(=O)C(C)(C)Br)C1CCCC1. The number of carbonyl (C=O) groups is 1. The van der Waals surface area contributed by atoms with Gasteiger partial charge in [0.15, 0.2) is 0 Å². The first-order valence-electron chi connectivity index (χ1n) is 4.89. The van der Waals surface area contributed by atoms with Crippen molar-refractivity contribution in [1.29, 1.82) is 0 Å². The monoisotopic (exact) mass is 247 g/mol. The minimum absolute atomic E-state index is 0.194. The third-order valence-electron chi connectivity index (χ3n) is 2.70. The van der Waals surface area contributed by atoms with Crippen LogP contribution in [0.4, 0.5) is 0 Å². The van der Waals surface area contributed by atoms with Crippen molar-refractivity contribution < 1.29 is 4.79 Å². The number of hydrogen-bond donors (Lipinski definition) is 0. The number of amides is 1. The van der Waals surface area contributed by atoms with Crippen molar-refractivity contribution in [1.82, 2.24) is 4.90 Å². The lowest BCUT2D eigenvalue weighted by Gasteiger charge is -2.29. The Balaban J connectivity index is 2.56. The Kier molecular flexibility index (Phi) is 3.38. The Hall–Kier alpha value is -0.0500. The Morgan fingerprint density at radius 1 is 1.38 bits per heavy atom. The quantitative estimate of drug-likeness (QED) is 0.688. The van der Waals surface area contributed by atoms with Gasteiger partial charge in [0, 0.05) is 13.1 Å². The highest BCUT2D eigenvalue weighted by molar-refractivity contribution is 9.10. The second-order valence-electron chi connectivity index (χ2n) is 4.33. The highest BCUT2D eigenvalue weighted by Gasteiger charge is 2.31. The molecule has 1 rings (SSSR count). The topological polar surface area (TPSA) is 20.3 Å². The van der Waals surface area contributed by atoms with E-state index in [0.29, 0.717) is 6.04 Å². The molecule has 13 heavy (non-hydrogen) atoms. The Morgan fingerprint density at radius 2 is 1.85 bits per heavy atom. The number of halogens is 1. The van der Waals surface area contributed by atoms with Gasteiger partial charge >= 0.3 is 0 Å². The summed E-state index contributed by atoms with van der Waals surface area (Å²) in [6, 6.07) is 0.476. The summed E-state index contributed by atoms with van der Waals surface area (Å²) >= 11 is 3.40. The fourth-order valence-corrected chi connectivity index (χ4v) is 2.16. The molecule has 3 heteroatoms. The summed E-state index contributed by atoms with van der Waals surface area (Å²) in [4.78, 5) is 13.7. The minimum Gasteiger partial charge on any atom is -0.342 e. The molecule has 1 fully saturated rings. The van der Waals surface area contributed by atoms with Crippen molar-refractivity contribution in [2.24, 2.45) is 0 Å². The van der Waals surface area contributed by atoms with E-state index in [4.69, 9.17) is 0 Å². The number of hydrogen-bond acceptors (Lipinski definition) is 1. The molecule has 2 nitrogen and oxygen atoms in total. The van der Waals surface area contributed by atoms with Crippen molar-refractivity contribution in [3.63, 3.8) is 0 Å². The van der Waals surface area contributed by atoms with Crippen LogP contribution in [-0.2, 0) is 4.79 Å². The zero-order valence-corrected chi connectivity index (χ0v) is 10.2. The molecule has 1 aliphatic carbocycles. The van der Waals surface area contributed by atoms with Crippen LogP contribution in [0.3, 0.4) is 0 Å². The van der Waals surface area contributed by atoms with Crippen LogP contribution in [0, 0.1) is 0 Å². The van der Waals surface area contributed by atoms with E-state index < -0.39 is 4.32 Å². The van der Waals surface area contributed by atoms with Gasteiger partial charge < -0.3 is 4.90 Å². The highest BCUT2D eigenvalue weighted by Crippen LogP contribution is 2.26. The lowest BCUT2D eigenvalue weighted by molar-refractivity contribution is -0.133. The van der Waals surface area contributed by atoms with Gasteiger partial charge in [0.25, 0.3) is 0 Å². The summed E-state index contributed by atoms with van der Waals surface area (Å²) < 4.78 is -0.412. The van der Waals surface area contributed by atoms with Crippen LogP contribution in [0.5, 0.6) is 0 Å². The first kappa shape index (κ1) is 11.0. The molecule has 0 radical (unpaired) electrons. The van der Waals surface area contributed by atoms with Gasteiger partial charge in [-0.1, -0.05) is 28.8 Å². The predicted octanol–water partition coefficient (Wildman–Crippen LogP) is 2.56. The van der Waals surface area contributed by atoms with Gasteiger partial charge in [-0.15, -0.1) is 0 Å². The van der Waals surface area contributed by atoms with E-state index in [0.717, 1.165) is 0 Å². The second kappa shape index (κ2) is 3.99. The van der Waals surface area contributed by atoms with Crippen LogP contribution in [0.2, 0.25) is 0 Å². The zero-order valence-electron chi connectivity index (χ0n) is 8.64. The van der Waals surface area contributed by atoms with E-state index in [1.165, 1.54) is 25.7 Å². The van der Waals surface area contributed by atoms with E-state index >= 15 is 0 Å². The summed E-state index contributed by atoms with van der Waals surface area (Å²) in [6.45, 7) is 3.81. The molecule has 0 spiro atoms. The third-order valence-corrected chi connectivity index (χ3v) is 3.04. The molecule has 0 aromatic carbocycles. The maximum Gasteiger partial charge on any atom is 0.238 e. The van der Waals surface area contributed by atoms with Crippen LogP contribution in [0.25, 0.3) is 0 Å². The summed E-state index contributed by atoms with van der Waals surface area (Å²) in [6.07, 6.45) is 4.88. The fraction of sp³-hybridized carbons (Fsp3) is 0.900. The molecule has 1 saturated carbocycles. The first-order chi connectivity index (χ1) is 5.93. The molecule has 0 unspecified atom stereocenters. The summed E-state index contributed by atoms with van der Waals surface area (Å²) in [5, 5.41) is 0. The van der Waals surface area contributed by atoms with Crippen LogP contribution in [-0.4, -0.2) is 28.2 Å². The van der Waals surface area contributed by atoms with E-state index in [1.54, 1.807) is 0 Å². The first-order valence-corrected chi connectivity index (χ1v) is 5.68. The van der Waals surface area contributed by atoms with Crippen LogP contribution >= 0.6 is 15.9 Å². The maximum absolute atomic E-state index is 11.8. The smallest absolute Gasteiger partial charge is 0.238 e. The minimum atomic E-state index is -0.412. The van der Waals surface area contributed by atoms with Gasteiger partial charge in [0.1, 0.15) is 0 Å². The summed E-state index contributed by atoms with van der Waals surface area (Å²) in [5.74, 6) is 0.194. The maximum atomic E-state index is 11.8. The molecular formula is C10H18BrNO. The van der Waals surface area contributed by atoms with E-state index in [1.807, 2.05) is 25.8 Å². The average Bonchev–Trinajstić information content (AvgIpc) is 2.51. The number of alkyl halides is 1. The fourth-order valence-electron chi connectivity index (χ4n) is 1.88. The normalized spacial score (nSPS) is 19.1. The van der Waals surface area contributed by atoms with E-state index in [9.17, 15) is 4.79 Å². The molecular weight excluding hydrogens is 230 g/mol. The van der Waals surface area contributed by atoms with Gasteiger partial charge in [-0.25, -0.2) is 0 Å². The summed E-state index contributed by atoms with van der Waals surface area (Å²) in [7, 11) is 1.92. The van der Waals surface area contributed by atoms with Gasteiger partial charge in [-0.05, 0) is 26.7 Å². The van der Waals surface area contributed by atoms with Crippen LogP contribution in [0.1, 0.15) is 39.5 Å². The zero-order chi connectivity index (χ0) is 10.1. The van der Waals surface area contributed by atoms with E-state index in [-0.39, 0.29) is 5.91 Å². The van der Waals surface area contributed by atoms with Crippen LogP contribution < -0.4 is 0 Å². The lowest BCUT2D eigenvalue weighted by atomic mass is 10.1. The molecule has 76 valence electrons. The van der Waals surface area contributed by atoms with Crippen molar-refractivity contribution in [2.75, 3.05) is 7.05 Å². The second-order valence-corrected chi connectivity index (χ2v) is 6.31. The van der Waals surface area contributed by atoms with Gasteiger partial charge in [-0.2, -0.15) is 0 Å². The largest absolute Gasteiger partial charge is 0.342 e. The molecule has 0 aromatic heterocycles. The molecule has 1 amide bonds. The number of carbonyl (C=O) groups excluding carboxylic acids is 1. The molecule has 1 aliphatic rings. The number of nitrogens with zero attached hydrogens (tertiary/aromatic N) is 1. The average molecular weight is 248 g/mol. The predicted molar refractivity (Wildman–Crippen MR) is 58.0 cm³/mol. The summed E-state index contributed by atoms with van der Waals surface area (Å²) in [5.41, 5.74) is 0. The van der Waals surface area contributed by atoms with Crippen molar-refractivity contribution in [3.05, 3.63) is 0 Å². The molecule has 0 N–H and O–H groups in total. The van der Waals surface area contributed by atoms with E-state index in [2.05, 4.69) is 15.9 Å². The standard InChI is InChI=1S/C10H18BrNO/c1-10(2,11)9(13)12(3)8-6-4-5-7-8/h8H,4-7H2,1-3H3. The highest BCUT2D eigenvalue weighted by atomic mass is 79.9. The van der Waals surface area contributed by atoms with Crippen molar-refractivity contribution >= 4 is 21.8 Å². The third kappa shape index (κ3) is 2.70. The van der Waals surface area contributed by atoms with Crippen LogP contribution in [0.15, 0.2) is 0 Å².